The zero-order valence-electron chi connectivity index (χ0n) is 16.0. The summed E-state index contributed by atoms with van der Waals surface area (Å²) < 4.78 is 41.6. The Morgan fingerprint density at radius 2 is 2.03 bits per heavy atom. The van der Waals surface area contributed by atoms with Gasteiger partial charge in [-0.3, -0.25) is 0 Å². The number of nitrogens with zero attached hydrogens (tertiary/aromatic N) is 2. The van der Waals surface area contributed by atoms with Gasteiger partial charge in [-0.25, -0.2) is 8.42 Å². The van der Waals surface area contributed by atoms with E-state index in [1.807, 2.05) is 49.5 Å². The Morgan fingerprint density at radius 3 is 2.79 bits per heavy atom. The fourth-order valence-electron chi connectivity index (χ4n) is 3.29. The first-order chi connectivity index (χ1) is 13.9. The zero-order valence-corrected chi connectivity index (χ0v) is 18.4. The Morgan fingerprint density at radius 1 is 1.24 bits per heavy atom. The lowest BCUT2D eigenvalue weighted by Gasteiger charge is -2.13. The topological polar surface area (TPSA) is 73.5 Å². The standard InChI is InChI=1S/C20H20N2O4S3/c1-21-16-12-14(26-2)8-9-18(16)27-19(21)13-20-22(10-5-11-29(23,24)25)15-6-3-4-7-17(15)28-20/h3-4,6-9,12-13H,5,10-11H2,1-2H3. The van der Waals surface area contributed by atoms with Gasteiger partial charge in [0, 0.05) is 36.2 Å². The smallest absolute Gasteiger partial charge is 0.265 e. The van der Waals surface area contributed by atoms with Crippen molar-refractivity contribution in [2.24, 2.45) is 0 Å². The number of thioether (sulfide) groups is 1. The number of methoxy groups -OCH3 is 1. The highest BCUT2D eigenvalue weighted by Gasteiger charge is 2.26. The lowest BCUT2D eigenvalue weighted by atomic mass is 10.3. The SMILES string of the molecule is COc1ccc2c(c1)N(C)/C(=C/c1sc3ccccc3[n+]1CCCS(=O)(=O)[O-])S2. The average Bonchev–Trinajstić information content (AvgIpc) is 3.18. The van der Waals surface area contributed by atoms with Crippen molar-refractivity contribution in [3.63, 3.8) is 0 Å². The second-order valence-corrected chi connectivity index (χ2v) is 10.3. The highest BCUT2D eigenvalue weighted by atomic mass is 32.2. The number of hydrogen-bond acceptors (Lipinski definition) is 7. The van der Waals surface area contributed by atoms with Crippen molar-refractivity contribution in [1.82, 2.24) is 0 Å². The number of ether oxygens (including phenoxy) is 1. The van der Waals surface area contributed by atoms with Gasteiger partial charge in [0.05, 0.1) is 34.0 Å². The molecular weight excluding hydrogens is 428 g/mol. The summed E-state index contributed by atoms with van der Waals surface area (Å²) in [6.07, 6.45) is 2.40. The molecule has 1 aromatic heterocycles. The number of para-hydroxylation sites is 1. The number of benzene rings is 2. The van der Waals surface area contributed by atoms with Gasteiger partial charge < -0.3 is 14.2 Å². The average molecular weight is 449 g/mol. The van der Waals surface area contributed by atoms with E-state index in [0.29, 0.717) is 6.54 Å². The van der Waals surface area contributed by atoms with Crippen molar-refractivity contribution in [3.05, 3.63) is 52.5 Å². The second-order valence-electron chi connectivity index (χ2n) is 6.65. The van der Waals surface area contributed by atoms with Gasteiger partial charge in [-0.15, -0.1) is 0 Å². The van der Waals surface area contributed by atoms with E-state index in [0.717, 1.165) is 36.6 Å². The lowest BCUT2D eigenvalue weighted by molar-refractivity contribution is -0.668. The van der Waals surface area contributed by atoms with Crippen LogP contribution < -0.4 is 14.2 Å². The molecule has 0 spiro atoms. The van der Waals surface area contributed by atoms with Gasteiger partial charge in [0.25, 0.3) is 5.01 Å². The highest BCUT2D eigenvalue weighted by molar-refractivity contribution is 8.03. The summed E-state index contributed by atoms with van der Waals surface area (Å²) in [6.45, 7) is 0.472. The molecule has 4 rings (SSSR count). The maximum atomic E-state index is 11.0. The molecule has 0 fully saturated rings. The molecule has 2 aromatic carbocycles. The van der Waals surface area contributed by atoms with E-state index in [-0.39, 0.29) is 12.2 Å². The Hall–Kier alpha value is -2.07. The first kappa shape index (κ1) is 20.2. The molecule has 6 nitrogen and oxygen atoms in total. The number of anilines is 1. The first-order valence-corrected chi connectivity index (χ1v) is 12.2. The molecule has 3 aromatic rings. The van der Waals surface area contributed by atoms with E-state index in [4.69, 9.17) is 4.74 Å². The van der Waals surface area contributed by atoms with Crippen LogP contribution in [0.2, 0.25) is 0 Å². The summed E-state index contributed by atoms with van der Waals surface area (Å²) in [4.78, 5) is 3.28. The molecule has 2 heterocycles. The van der Waals surface area contributed by atoms with Gasteiger partial charge in [0.2, 0.25) is 5.52 Å². The normalized spacial score (nSPS) is 15.3. The van der Waals surface area contributed by atoms with E-state index >= 15 is 0 Å². The van der Waals surface area contributed by atoms with Crippen LogP contribution in [0.15, 0.2) is 52.4 Å². The first-order valence-electron chi connectivity index (χ1n) is 9.02. The summed E-state index contributed by atoms with van der Waals surface area (Å²) in [6, 6.07) is 14.0. The van der Waals surface area contributed by atoms with Crippen LogP contribution in [0.3, 0.4) is 0 Å². The van der Waals surface area contributed by atoms with E-state index in [1.165, 1.54) is 0 Å². The maximum Gasteiger partial charge on any atom is 0.265 e. The van der Waals surface area contributed by atoms with Crippen molar-refractivity contribution in [3.8, 4) is 5.75 Å². The van der Waals surface area contributed by atoms with Crippen molar-refractivity contribution in [1.29, 1.82) is 0 Å². The predicted octanol–water partition coefficient (Wildman–Crippen LogP) is 3.67. The maximum absolute atomic E-state index is 11.0. The molecule has 0 radical (unpaired) electrons. The van der Waals surface area contributed by atoms with Crippen LogP contribution in [0.1, 0.15) is 11.4 Å². The van der Waals surface area contributed by atoms with Crippen LogP contribution in [0, 0.1) is 0 Å². The Balaban J connectivity index is 1.69. The number of thiazole rings is 1. The minimum atomic E-state index is -4.22. The number of aryl methyl sites for hydroxylation is 1. The van der Waals surface area contributed by atoms with Crippen LogP contribution in [-0.2, 0) is 16.7 Å². The zero-order chi connectivity index (χ0) is 20.6. The molecule has 9 heteroatoms. The number of rotatable bonds is 6. The van der Waals surface area contributed by atoms with Gasteiger partial charge >= 0.3 is 0 Å². The van der Waals surface area contributed by atoms with E-state index < -0.39 is 10.1 Å². The Bertz CT molecular complexity index is 1200. The molecule has 1 aliphatic rings. The van der Waals surface area contributed by atoms with E-state index in [9.17, 15) is 13.0 Å². The lowest BCUT2D eigenvalue weighted by Crippen LogP contribution is -2.36. The summed E-state index contributed by atoms with van der Waals surface area (Å²) in [5.41, 5.74) is 2.13. The minimum absolute atomic E-state index is 0.286. The third-order valence-electron chi connectivity index (χ3n) is 4.73. The molecule has 0 amide bonds. The number of hydrogen-bond donors (Lipinski definition) is 0. The highest BCUT2D eigenvalue weighted by Crippen LogP contribution is 2.47. The fourth-order valence-corrected chi connectivity index (χ4v) is 6.04. The van der Waals surface area contributed by atoms with Crippen molar-refractivity contribution >= 4 is 55.2 Å². The molecule has 0 bridgehead atoms. The third kappa shape index (κ3) is 4.28. The molecular formula is C20H20N2O4S3. The fraction of sp³-hybridized carbons (Fsp3) is 0.250. The minimum Gasteiger partial charge on any atom is -0.748 e. The van der Waals surface area contributed by atoms with Crippen LogP contribution in [0.5, 0.6) is 5.75 Å². The van der Waals surface area contributed by atoms with Crippen LogP contribution in [0.25, 0.3) is 16.3 Å². The van der Waals surface area contributed by atoms with Crippen molar-refractivity contribution < 1.29 is 22.3 Å². The molecule has 0 saturated carbocycles. The largest absolute Gasteiger partial charge is 0.748 e. The van der Waals surface area contributed by atoms with Gasteiger partial charge in [0.1, 0.15) is 10.4 Å². The van der Waals surface area contributed by atoms with Gasteiger partial charge in [0.15, 0.2) is 6.54 Å². The summed E-state index contributed by atoms with van der Waals surface area (Å²) in [7, 11) is -0.542. The van der Waals surface area contributed by atoms with Gasteiger partial charge in [-0.1, -0.05) is 35.2 Å². The molecule has 0 saturated heterocycles. The Kier molecular flexibility index (Phi) is 5.56. The van der Waals surface area contributed by atoms with Crippen molar-refractivity contribution in [2.75, 3.05) is 24.8 Å². The molecule has 0 aliphatic carbocycles. The molecule has 29 heavy (non-hydrogen) atoms. The molecule has 0 atom stereocenters. The predicted molar refractivity (Wildman–Crippen MR) is 116 cm³/mol. The van der Waals surface area contributed by atoms with Gasteiger partial charge in [-0.2, -0.15) is 4.57 Å². The molecule has 1 aliphatic heterocycles. The quantitative estimate of drug-likeness (QED) is 0.423. The molecule has 0 N–H and O–H groups in total. The third-order valence-corrected chi connectivity index (χ3v) is 7.80. The number of fused-ring (bicyclic) bond motifs is 2. The number of aromatic nitrogens is 1. The van der Waals surface area contributed by atoms with Crippen molar-refractivity contribution in [2.45, 2.75) is 17.9 Å². The summed E-state index contributed by atoms with van der Waals surface area (Å²) in [5.74, 6) is 0.452. The molecule has 152 valence electrons. The second kappa shape index (κ2) is 7.98. The Labute approximate surface area is 178 Å². The summed E-state index contributed by atoms with van der Waals surface area (Å²) >= 11 is 3.34. The van der Waals surface area contributed by atoms with Crippen LogP contribution in [0.4, 0.5) is 5.69 Å². The summed E-state index contributed by atoms with van der Waals surface area (Å²) in [5, 5.41) is 2.09. The van der Waals surface area contributed by atoms with Crippen LogP contribution >= 0.6 is 23.1 Å². The van der Waals surface area contributed by atoms with Gasteiger partial charge in [-0.05, 0) is 18.2 Å². The van der Waals surface area contributed by atoms with E-state index in [2.05, 4.69) is 15.5 Å². The van der Waals surface area contributed by atoms with E-state index in [1.54, 1.807) is 30.2 Å². The molecule has 0 unspecified atom stereocenters. The van der Waals surface area contributed by atoms with Crippen LogP contribution in [-0.4, -0.2) is 32.9 Å². The monoisotopic (exact) mass is 448 g/mol.